The summed E-state index contributed by atoms with van der Waals surface area (Å²) in [5.74, 6) is -0.0213. The second-order valence-corrected chi connectivity index (χ2v) is 7.62. The highest BCUT2D eigenvalue weighted by Crippen LogP contribution is 2.16. The lowest BCUT2D eigenvalue weighted by molar-refractivity contribution is -0.128. The smallest absolute Gasteiger partial charge is 0.240 e. The quantitative estimate of drug-likeness (QED) is 0.703. The molecule has 0 aliphatic rings. The van der Waals surface area contributed by atoms with Gasteiger partial charge in [0.2, 0.25) is 15.9 Å². The molecule has 1 aromatic rings. The van der Waals surface area contributed by atoms with Crippen molar-refractivity contribution in [3.05, 3.63) is 29.3 Å². The van der Waals surface area contributed by atoms with Crippen LogP contribution < -0.4 is 4.72 Å². The van der Waals surface area contributed by atoms with Crippen molar-refractivity contribution in [2.75, 3.05) is 19.6 Å². The first-order valence-electron chi connectivity index (χ1n) is 8.10. The molecule has 0 fully saturated rings. The van der Waals surface area contributed by atoms with E-state index in [9.17, 15) is 13.2 Å². The van der Waals surface area contributed by atoms with Crippen molar-refractivity contribution in [3.8, 4) is 0 Å². The largest absolute Gasteiger partial charge is 0.342 e. The summed E-state index contributed by atoms with van der Waals surface area (Å²) < 4.78 is 27.4. The number of sulfonamides is 1. The molecule has 130 valence electrons. The molecule has 6 heteroatoms. The van der Waals surface area contributed by atoms with Gasteiger partial charge in [-0.25, -0.2) is 13.1 Å². The molecule has 0 unspecified atom stereocenters. The van der Waals surface area contributed by atoms with Gasteiger partial charge in [0.15, 0.2) is 0 Å². The number of hydrogen-bond donors (Lipinski definition) is 1. The number of nitrogens with zero attached hydrogens (tertiary/aromatic N) is 1. The van der Waals surface area contributed by atoms with Gasteiger partial charge in [0.05, 0.1) is 4.90 Å². The Labute approximate surface area is 140 Å². The number of nitrogens with one attached hydrogen (secondary N) is 1. The number of hydrogen-bond acceptors (Lipinski definition) is 3. The normalized spacial score (nSPS) is 11.5. The lowest BCUT2D eigenvalue weighted by atomic mass is 10.2. The highest BCUT2D eigenvalue weighted by Gasteiger charge is 2.17. The molecule has 5 nitrogen and oxygen atoms in total. The molecule has 0 spiro atoms. The van der Waals surface area contributed by atoms with Crippen molar-refractivity contribution >= 4 is 15.9 Å². The fourth-order valence-electron chi connectivity index (χ4n) is 2.37. The van der Waals surface area contributed by atoms with Crippen LogP contribution in [-0.2, 0) is 14.8 Å². The Hall–Kier alpha value is -1.40. The van der Waals surface area contributed by atoms with Crippen molar-refractivity contribution in [2.24, 2.45) is 0 Å². The van der Waals surface area contributed by atoms with E-state index in [0.29, 0.717) is 18.0 Å². The van der Waals surface area contributed by atoms with Crippen LogP contribution in [0.3, 0.4) is 0 Å². The van der Waals surface area contributed by atoms with Gasteiger partial charge in [-0.2, -0.15) is 0 Å². The predicted molar refractivity (Wildman–Crippen MR) is 92.9 cm³/mol. The molecule has 1 rings (SSSR count). The number of rotatable bonds is 9. The number of aryl methyl sites for hydroxylation is 2. The third-order valence-electron chi connectivity index (χ3n) is 3.78. The third kappa shape index (κ3) is 6.31. The minimum Gasteiger partial charge on any atom is -0.342 e. The molecule has 23 heavy (non-hydrogen) atoms. The molecular weight excluding hydrogens is 312 g/mol. The molecule has 0 atom stereocenters. The molecule has 0 saturated heterocycles. The van der Waals surface area contributed by atoms with E-state index >= 15 is 0 Å². The summed E-state index contributed by atoms with van der Waals surface area (Å²) in [4.78, 5) is 13.6. The summed E-state index contributed by atoms with van der Waals surface area (Å²) in [6, 6.07) is 5.36. The topological polar surface area (TPSA) is 66.5 Å². The Bertz CT molecular complexity index is 627. The molecule has 0 aromatic heterocycles. The van der Waals surface area contributed by atoms with Gasteiger partial charge >= 0.3 is 0 Å². The third-order valence-corrected chi connectivity index (χ3v) is 5.39. The molecule has 0 radical (unpaired) electrons. The van der Waals surface area contributed by atoms with Gasteiger partial charge < -0.3 is 4.90 Å². The van der Waals surface area contributed by atoms with Crippen LogP contribution in [0, 0.1) is 13.8 Å². The highest BCUT2D eigenvalue weighted by atomic mass is 32.2. The monoisotopic (exact) mass is 340 g/mol. The van der Waals surface area contributed by atoms with E-state index in [-0.39, 0.29) is 12.5 Å². The Morgan fingerprint density at radius 2 is 1.87 bits per heavy atom. The highest BCUT2D eigenvalue weighted by molar-refractivity contribution is 7.89. The molecule has 1 aromatic carbocycles. The van der Waals surface area contributed by atoms with E-state index in [0.717, 1.165) is 30.4 Å². The average Bonchev–Trinajstić information content (AvgIpc) is 2.48. The van der Waals surface area contributed by atoms with Crippen LogP contribution in [0.1, 0.15) is 44.2 Å². The summed E-state index contributed by atoms with van der Waals surface area (Å²) in [5, 5.41) is 0. The zero-order valence-electron chi connectivity index (χ0n) is 14.6. The van der Waals surface area contributed by atoms with Crippen molar-refractivity contribution in [2.45, 2.75) is 51.9 Å². The standard InChI is InChI=1S/C17H28N2O3S/c1-5-6-7-11-19(16(4)20)12-10-18-23(21,22)17-13-14(2)8-9-15(17)3/h8-9,13,18H,5-7,10-12H2,1-4H3. The van der Waals surface area contributed by atoms with Gasteiger partial charge in [0, 0.05) is 26.6 Å². The van der Waals surface area contributed by atoms with E-state index in [1.54, 1.807) is 24.0 Å². The average molecular weight is 340 g/mol. The molecule has 1 amide bonds. The Morgan fingerprint density at radius 1 is 1.17 bits per heavy atom. The summed E-state index contributed by atoms with van der Waals surface area (Å²) in [7, 11) is -3.55. The Kier molecular flexibility index (Phi) is 7.72. The zero-order chi connectivity index (χ0) is 17.5. The maximum atomic E-state index is 12.4. The maximum Gasteiger partial charge on any atom is 0.240 e. The van der Waals surface area contributed by atoms with Gasteiger partial charge in [0.1, 0.15) is 0 Å². The van der Waals surface area contributed by atoms with Crippen LogP contribution in [0.4, 0.5) is 0 Å². The van der Waals surface area contributed by atoms with E-state index in [1.165, 1.54) is 6.92 Å². The lowest BCUT2D eigenvalue weighted by Crippen LogP contribution is -2.38. The van der Waals surface area contributed by atoms with Crippen LogP contribution in [0.2, 0.25) is 0 Å². The first-order chi connectivity index (χ1) is 10.8. The maximum absolute atomic E-state index is 12.4. The summed E-state index contributed by atoms with van der Waals surface area (Å²) in [6.07, 6.45) is 3.10. The number of benzene rings is 1. The second-order valence-electron chi connectivity index (χ2n) is 5.88. The molecular formula is C17H28N2O3S. The van der Waals surface area contributed by atoms with Gasteiger partial charge in [-0.15, -0.1) is 0 Å². The molecule has 0 saturated carbocycles. The summed E-state index contributed by atoms with van der Waals surface area (Å²) >= 11 is 0. The van der Waals surface area contributed by atoms with Crippen molar-refractivity contribution in [1.82, 2.24) is 9.62 Å². The number of unbranched alkanes of at least 4 members (excludes halogenated alkanes) is 2. The molecule has 1 N–H and O–H groups in total. The van der Waals surface area contributed by atoms with Gasteiger partial charge in [0.25, 0.3) is 0 Å². The van der Waals surface area contributed by atoms with Crippen molar-refractivity contribution < 1.29 is 13.2 Å². The molecule has 0 aliphatic heterocycles. The molecule has 0 bridgehead atoms. The van der Waals surface area contributed by atoms with Crippen LogP contribution in [0.15, 0.2) is 23.1 Å². The van der Waals surface area contributed by atoms with Crippen molar-refractivity contribution in [1.29, 1.82) is 0 Å². The molecule has 0 aliphatic carbocycles. The Morgan fingerprint density at radius 3 is 2.48 bits per heavy atom. The van der Waals surface area contributed by atoms with Gasteiger partial charge in [-0.1, -0.05) is 31.9 Å². The fraction of sp³-hybridized carbons (Fsp3) is 0.588. The van der Waals surface area contributed by atoms with Crippen molar-refractivity contribution in [3.63, 3.8) is 0 Å². The zero-order valence-corrected chi connectivity index (χ0v) is 15.4. The van der Waals surface area contributed by atoms with Crippen LogP contribution in [-0.4, -0.2) is 38.9 Å². The van der Waals surface area contributed by atoms with Gasteiger partial charge in [-0.3, -0.25) is 4.79 Å². The predicted octanol–water partition coefficient (Wildman–Crippen LogP) is 2.62. The van der Waals surface area contributed by atoms with Crippen LogP contribution >= 0.6 is 0 Å². The fourth-order valence-corrected chi connectivity index (χ4v) is 3.72. The van der Waals surface area contributed by atoms with E-state index in [4.69, 9.17) is 0 Å². The minimum absolute atomic E-state index is 0.0213. The summed E-state index contributed by atoms with van der Waals surface area (Å²) in [6.45, 7) is 8.56. The first kappa shape index (κ1) is 19.6. The van der Waals surface area contributed by atoms with E-state index < -0.39 is 10.0 Å². The first-order valence-corrected chi connectivity index (χ1v) is 9.58. The summed E-state index contributed by atoms with van der Waals surface area (Å²) in [5.41, 5.74) is 1.62. The van der Waals surface area contributed by atoms with Crippen LogP contribution in [0.5, 0.6) is 0 Å². The second kappa shape index (κ2) is 9.03. The lowest BCUT2D eigenvalue weighted by Gasteiger charge is -2.21. The van der Waals surface area contributed by atoms with Gasteiger partial charge in [-0.05, 0) is 37.5 Å². The SMILES string of the molecule is CCCCCN(CCNS(=O)(=O)c1cc(C)ccc1C)C(C)=O. The van der Waals surface area contributed by atoms with E-state index in [1.807, 2.05) is 13.0 Å². The number of amides is 1. The van der Waals surface area contributed by atoms with E-state index in [2.05, 4.69) is 11.6 Å². The molecule has 0 heterocycles. The minimum atomic E-state index is -3.55. The number of carbonyl (C=O) groups excluding carboxylic acids is 1. The van der Waals surface area contributed by atoms with Crippen LogP contribution in [0.25, 0.3) is 0 Å². The number of carbonyl (C=O) groups is 1. The Balaban J connectivity index is 2.64.